The maximum absolute atomic E-state index is 12.4. The number of hydrogen-bond acceptors (Lipinski definition) is 4. The fraction of sp³-hybridized carbons (Fsp3) is 0.125. The molecule has 116 valence electrons. The first-order chi connectivity index (χ1) is 11.2. The molecule has 3 rings (SSSR count). The Bertz CT molecular complexity index is 846. The number of carbonyl (C=O) groups is 1. The molecular formula is C16H14ClN5O. The minimum Gasteiger partial charge on any atom is -0.322 e. The van der Waals surface area contributed by atoms with Crippen LogP contribution >= 0.6 is 11.6 Å². The highest BCUT2D eigenvalue weighted by Crippen LogP contribution is 2.19. The van der Waals surface area contributed by atoms with Gasteiger partial charge in [-0.3, -0.25) is 4.79 Å². The number of nitrogens with zero attached hydrogens (tertiary/aromatic N) is 4. The van der Waals surface area contributed by atoms with Gasteiger partial charge in [-0.25, -0.2) is 4.68 Å². The van der Waals surface area contributed by atoms with Gasteiger partial charge < -0.3 is 5.32 Å². The number of hydrogen-bond donors (Lipinski definition) is 1. The van der Waals surface area contributed by atoms with E-state index < -0.39 is 0 Å². The van der Waals surface area contributed by atoms with Crippen LogP contribution in [0.5, 0.6) is 0 Å². The molecule has 0 aliphatic heterocycles. The van der Waals surface area contributed by atoms with Crippen LogP contribution in [0.25, 0.3) is 11.4 Å². The van der Waals surface area contributed by atoms with E-state index in [0.29, 0.717) is 28.6 Å². The number of aromatic nitrogens is 4. The molecular weight excluding hydrogens is 314 g/mol. The van der Waals surface area contributed by atoms with Gasteiger partial charge in [0.1, 0.15) is 0 Å². The van der Waals surface area contributed by atoms with Crippen molar-refractivity contribution in [1.82, 2.24) is 20.2 Å². The SMILES string of the molecule is CCn1nnnc1-c1cccc(C(=O)Nc2cccc(Cl)c2)c1. The van der Waals surface area contributed by atoms with Crippen LogP contribution in [-0.4, -0.2) is 26.1 Å². The number of tetrazole rings is 1. The van der Waals surface area contributed by atoms with Crippen LogP contribution in [0.2, 0.25) is 5.02 Å². The van der Waals surface area contributed by atoms with E-state index in [1.807, 2.05) is 13.0 Å². The molecule has 6 nitrogen and oxygen atoms in total. The lowest BCUT2D eigenvalue weighted by Crippen LogP contribution is -2.12. The number of halogens is 1. The average Bonchev–Trinajstić information content (AvgIpc) is 3.03. The summed E-state index contributed by atoms with van der Waals surface area (Å²) < 4.78 is 1.67. The van der Waals surface area contributed by atoms with E-state index in [2.05, 4.69) is 20.8 Å². The number of anilines is 1. The number of rotatable bonds is 4. The molecule has 0 aliphatic rings. The van der Waals surface area contributed by atoms with E-state index in [9.17, 15) is 4.79 Å². The Balaban J connectivity index is 1.86. The monoisotopic (exact) mass is 327 g/mol. The number of nitrogens with one attached hydrogen (secondary N) is 1. The lowest BCUT2D eigenvalue weighted by atomic mass is 10.1. The van der Waals surface area contributed by atoms with Crippen molar-refractivity contribution in [1.29, 1.82) is 0 Å². The van der Waals surface area contributed by atoms with Crippen molar-refractivity contribution in [3.05, 3.63) is 59.1 Å². The Morgan fingerprint density at radius 3 is 2.83 bits per heavy atom. The summed E-state index contributed by atoms with van der Waals surface area (Å²) in [5.74, 6) is 0.412. The highest BCUT2D eigenvalue weighted by molar-refractivity contribution is 6.30. The summed E-state index contributed by atoms with van der Waals surface area (Å²) >= 11 is 5.92. The molecule has 1 heterocycles. The van der Waals surface area contributed by atoms with E-state index in [-0.39, 0.29) is 5.91 Å². The Morgan fingerprint density at radius 2 is 2.04 bits per heavy atom. The zero-order chi connectivity index (χ0) is 16.2. The van der Waals surface area contributed by atoms with E-state index in [1.54, 1.807) is 47.1 Å². The van der Waals surface area contributed by atoms with Gasteiger partial charge in [-0.2, -0.15) is 0 Å². The van der Waals surface area contributed by atoms with Gasteiger partial charge in [0, 0.05) is 28.4 Å². The molecule has 0 saturated carbocycles. The molecule has 0 aliphatic carbocycles. The molecule has 1 amide bonds. The van der Waals surface area contributed by atoms with Gasteiger partial charge in [-0.15, -0.1) is 5.10 Å². The second-order valence-electron chi connectivity index (χ2n) is 4.86. The third kappa shape index (κ3) is 3.37. The van der Waals surface area contributed by atoms with Gasteiger partial charge in [0.15, 0.2) is 5.82 Å². The second-order valence-corrected chi connectivity index (χ2v) is 5.30. The quantitative estimate of drug-likeness (QED) is 0.798. The van der Waals surface area contributed by atoms with Gasteiger partial charge in [0.05, 0.1) is 0 Å². The van der Waals surface area contributed by atoms with Gasteiger partial charge in [0.2, 0.25) is 0 Å². The fourth-order valence-corrected chi connectivity index (χ4v) is 2.38. The first-order valence-electron chi connectivity index (χ1n) is 7.11. The van der Waals surface area contributed by atoms with Crippen molar-refractivity contribution >= 4 is 23.2 Å². The largest absolute Gasteiger partial charge is 0.322 e. The summed E-state index contributed by atoms with van der Waals surface area (Å²) in [5, 5.41) is 15.0. The zero-order valence-electron chi connectivity index (χ0n) is 12.4. The summed E-state index contributed by atoms with van der Waals surface area (Å²) in [6.07, 6.45) is 0. The molecule has 0 radical (unpaired) electrons. The van der Waals surface area contributed by atoms with Crippen molar-refractivity contribution < 1.29 is 4.79 Å². The lowest BCUT2D eigenvalue weighted by molar-refractivity contribution is 0.102. The molecule has 0 saturated heterocycles. The van der Waals surface area contributed by atoms with E-state index in [1.165, 1.54) is 0 Å². The smallest absolute Gasteiger partial charge is 0.255 e. The van der Waals surface area contributed by atoms with Crippen LogP contribution in [0, 0.1) is 0 Å². The Labute approximate surface area is 138 Å². The van der Waals surface area contributed by atoms with Crippen molar-refractivity contribution in [3.63, 3.8) is 0 Å². The second kappa shape index (κ2) is 6.58. The molecule has 0 unspecified atom stereocenters. The standard InChI is InChI=1S/C16H14ClN5O/c1-2-22-15(19-20-21-22)11-5-3-6-12(9-11)16(23)18-14-8-4-7-13(17)10-14/h3-10H,2H2,1H3,(H,18,23). The van der Waals surface area contributed by atoms with Crippen LogP contribution in [0.1, 0.15) is 17.3 Å². The first kappa shape index (κ1) is 15.2. The van der Waals surface area contributed by atoms with Crippen molar-refractivity contribution in [2.75, 3.05) is 5.32 Å². The fourth-order valence-electron chi connectivity index (χ4n) is 2.19. The predicted molar refractivity (Wildman–Crippen MR) is 88.3 cm³/mol. The normalized spacial score (nSPS) is 10.5. The molecule has 2 aromatic carbocycles. The topological polar surface area (TPSA) is 72.7 Å². The first-order valence-corrected chi connectivity index (χ1v) is 7.48. The maximum atomic E-state index is 12.4. The minimum atomic E-state index is -0.218. The third-order valence-electron chi connectivity index (χ3n) is 3.30. The van der Waals surface area contributed by atoms with Gasteiger partial charge in [-0.05, 0) is 47.7 Å². The van der Waals surface area contributed by atoms with Gasteiger partial charge in [-0.1, -0.05) is 29.8 Å². The van der Waals surface area contributed by atoms with Crippen molar-refractivity contribution in [3.8, 4) is 11.4 Å². The lowest BCUT2D eigenvalue weighted by Gasteiger charge is -2.07. The van der Waals surface area contributed by atoms with E-state index in [0.717, 1.165) is 5.56 Å². The van der Waals surface area contributed by atoms with Crippen LogP contribution < -0.4 is 5.32 Å². The van der Waals surface area contributed by atoms with Crippen molar-refractivity contribution in [2.24, 2.45) is 0 Å². The Kier molecular flexibility index (Phi) is 4.34. The molecule has 7 heteroatoms. The minimum absolute atomic E-state index is 0.218. The Morgan fingerprint density at radius 1 is 1.22 bits per heavy atom. The van der Waals surface area contributed by atoms with Crippen molar-refractivity contribution in [2.45, 2.75) is 13.5 Å². The molecule has 3 aromatic rings. The van der Waals surface area contributed by atoms with Gasteiger partial charge in [0.25, 0.3) is 5.91 Å². The van der Waals surface area contributed by atoms with Crippen LogP contribution in [0.15, 0.2) is 48.5 Å². The number of benzene rings is 2. The summed E-state index contributed by atoms with van der Waals surface area (Å²) in [7, 11) is 0. The van der Waals surface area contributed by atoms with Crippen LogP contribution in [-0.2, 0) is 6.54 Å². The molecule has 0 spiro atoms. The molecule has 1 N–H and O–H groups in total. The van der Waals surface area contributed by atoms with E-state index in [4.69, 9.17) is 11.6 Å². The zero-order valence-corrected chi connectivity index (χ0v) is 13.2. The maximum Gasteiger partial charge on any atom is 0.255 e. The Hall–Kier alpha value is -2.73. The average molecular weight is 328 g/mol. The molecule has 23 heavy (non-hydrogen) atoms. The third-order valence-corrected chi connectivity index (χ3v) is 3.53. The number of carbonyl (C=O) groups excluding carboxylic acids is 1. The summed E-state index contributed by atoms with van der Waals surface area (Å²) in [4.78, 5) is 12.4. The number of amides is 1. The summed E-state index contributed by atoms with van der Waals surface area (Å²) in [6, 6.07) is 14.2. The van der Waals surface area contributed by atoms with Crippen LogP contribution in [0.4, 0.5) is 5.69 Å². The molecule has 0 fully saturated rings. The molecule has 0 atom stereocenters. The van der Waals surface area contributed by atoms with Gasteiger partial charge >= 0.3 is 0 Å². The summed E-state index contributed by atoms with van der Waals surface area (Å²) in [5.41, 5.74) is 1.95. The highest BCUT2D eigenvalue weighted by atomic mass is 35.5. The molecule has 1 aromatic heterocycles. The summed E-state index contributed by atoms with van der Waals surface area (Å²) in [6.45, 7) is 2.61. The predicted octanol–water partition coefficient (Wildman–Crippen LogP) is 3.27. The highest BCUT2D eigenvalue weighted by Gasteiger charge is 2.11. The number of aryl methyl sites for hydroxylation is 1. The molecule has 0 bridgehead atoms. The van der Waals surface area contributed by atoms with E-state index >= 15 is 0 Å². The van der Waals surface area contributed by atoms with Crippen LogP contribution in [0.3, 0.4) is 0 Å².